The first-order valence-electron chi connectivity index (χ1n) is 10.7. The predicted molar refractivity (Wildman–Crippen MR) is 127 cm³/mol. The number of hydrogen-bond acceptors (Lipinski definition) is 6. The Balaban J connectivity index is 1.66. The largest absolute Gasteiger partial charge is 0.391 e. The lowest BCUT2D eigenvalue weighted by Gasteiger charge is -2.35. The number of benzene rings is 1. The lowest BCUT2D eigenvalue weighted by atomic mass is 9.85. The van der Waals surface area contributed by atoms with Crippen molar-refractivity contribution in [2.45, 2.75) is 58.8 Å². The molecular weight excluding hydrogens is 424 g/mol. The van der Waals surface area contributed by atoms with Crippen molar-refractivity contribution in [2.75, 3.05) is 6.54 Å². The lowest BCUT2D eigenvalue weighted by Crippen LogP contribution is -2.55. The molecule has 3 rings (SSSR count). The van der Waals surface area contributed by atoms with Gasteiger partial charge in [-0.25, -0.2) is 4.98 Å². The van der Waals surface area contributed by atoms with Crippen LogP contribution in [0.15, 0.2) is 42.6 Å². The molecule has 8 heteroatoms. The highest BCUT2D eigenvalue weighted by Gasteiger charge is 2.43. The first kappa shape index (κ1) is 23.9. The number of aryl methyl sites for hydroxylation is 1. The summed E-state index contributed by atoms with van der Waals surface area (Å²) in [6, 6.07) is 6.75. The van der Waals surface area contributed by atoms with Crippen molar-refractivity contribution < 1.29 is 14.7 Å². The topological polar surface area (TPSA) is 94.6 Å². The van der Waals surface area contributed by atoms with Crippen LogP contribution in [-0.4, -0.2) is 51.5 Å². The molecule has 1 saturated heterocycles. The van der Waals surface area contributed by atoms with Gasteiger partial charge in [0.2, 0.25) is 11.8 Å². The van der Waals surface area contributed by atoms with E-state index in [1.54, 1.807) is 11.3 Å². The Morgan fingerprint density at radius 2 is 2.03 bits per heavy atom. The number of carbonyl (C=O) groups excluding carboxylic acids is 2. The van der Waals surface area contributed by atoms with E-state index < -0.39 is 18.2 Å². The number of rotatable bonds is 7. The average molecular weight is 457 g/mol. The molecule has 172 valence electrons. The zero-order valence-electron chi connectivity index (χ0n) is 19.1. The van der Waals surface area contributed by atoms with E-state index in [4.69, 9.17) is 0 Å². The molecule has 1 unspecified atom stereocenters. The van der Waals surface area contributed by atoms with Gasteiger partial charge in [-0.05, 0) is 29.7 Å². The number of aliphatic hydroxyl groups excluding tert-OH is 1. The molecule has 1 aliphatic rings. The molecule has 0 aliphatic carbocycles. The SMILES string of the molecule is C=CNC(C(=O)N1C[C@H](O)C[C@H]1C(=O)NCc1ccc(-c2scnc2C)cc1)C(C)(C)C. The van der Waals surface area contributed by atoms with Gasteiger partial charge in [-0.2, -0.15) is 0 Å². The molecule has 7 nitrogen and oxygen atoms in total. The molecule has 2 heterocycles. The van der Waals surface area contributed by atoms with Gasteiger partial charge in [0.15, 0.2) is 0 Å². The normalized spacial score (nSPS) is 19.5. The van der Waals surface area contributed by atoms with E-state index in [1.165, 1.54) is 11.1 Å². The maximum atomic E-state index is 13.2. The maximum absolute atomic E-state index is 13.2. The number of β-amino-alcohol motifs (C(OH)–C–C–N with tert-alkyl or cyclic N) is 1. The fourth-order valence-corrected chi connectivity index (χ4v) is 4.75. The summed E-state index contributed by atoms with van der Waals surface area (Å²) >= 11 is 1.60. The summed E-state index contributed by atoms with van der Waals surface area (Å²) in [5.74, 6) is -0.470. The summed E-state index contributed by atoms with van der Waals surface area (Å²) in [5.41, 5.74) is 4.51. The fraction of sp³-hybridized carbons (Fsp3) is 0.458. The molecular formula is C24H32N4O3S. The van der Waals surface area contributed by atoms with Crippen molar-refractivity contribution in [3.8, 4) is 10.4 Å². The van der Waals surface area contributed by atoms with Gasteiger partial charge >= 0.3 is 0 Å². The molecule has 1 aromatic carbocycles. The highest BCUT2D eigenvalue weighted by molar-refractivity contribution is 7.13. The number of carbonyl (C=O) groups is 2. The van der Waals surface area contributed by atoms with Gasteiger partial charge in [0, 0.05) is 19.5 Å². The minimum atomic E-state index is -0.721. The zero-order valence-corrected chi connectivity index (χ0v) is 19.9. The third-order valence-corrected chi connectivity index (χ3v) is 6.67. The van der Waals surface area contributed by atoms with E-state index in [1.807, 2.05) is 57.5 Å². The van der Waals surface area contributed by atoms with Crippen LogP contribution in [0, 0.1) is 12.3 Å². The Morgan fingerprint density at radius 3 is 2.59 bits per heavy atom. The van der Waals surface area contributed by atoms with Gasteiger partial charge in [-0.15, -0.1) is 11.3 Å². The van der Waals surface area contributed by atoms with Crippen molar-refractivity contribution in [1.29, 1.82) is 0 Å². The average Bonchev–Trinajstić information content (AvgIpc) is 3.35. The van der Waals surface area contributed by atoms with E-state index in [-0.39, 0.29) is 30.2 Å². The van der Waals surface area contributed by atoms with E-state index in [0.717, 1.165) is 21.7 Å². The molecule has 0 radical (unpaired) electrons. The van der Waals surface area contributed by atoms with Gasteiger partial charge in [-0.3, -0.25) is 9.59 Å². The highest BCUT2D eigenvalue weighted by Crippen LogP contribution is 2.28. The smallest absolute Gasteiger partial charge is 0.246 e. The van der Waals surface area contributed by atoms with E-state index in [9.17, 15) is 14.7 Å². The van der Waals surface area contributed by atoms with E-state index in [2.05, 4.69) is 22.2 Å². The standard InChI is InChI=1S/C24H32N4O3S/c1-6-25-21(24(3,4)5)23(31)28-13-18(29)11-19(28)22(30)26-12-16-7-9-17(10-8-16)20-15(2)27-14-32-20/h6-10,14,18-19,21,25,29H,1,11-13H2,2-5H3,(H,26,30)/t18-,19+,21?/m1/s1. The first-order valence-corrected chi connectivity index (χ1v) is 11.6. The number of aromatic nitrogens is 1. The monoisotopic (exact) mass is 456 g/mol. The van der Waals surface area contributed by atoms with Gasteiger partial charge in [0.1, 0.15) is 12.1 Å². The maximum Gasteiger partial charge on any atom is 0.246 e. The molecule has 0 spiro atoms. The number of aliphatic hydroxyl groups is 1. The van der Waals surface area contributed by atoms with Crippen LogP contribution < -0.4 is 10.6 Å². The van der Waals surface area contributed by atoms with Crippen molar-refractivity contribution in [3.05, 3.63) is 53.8 Å². The summed E-state index contributed by atoms with van der Waals surface area (Å²) in [6.45, 7) is 12.0. The van der Waals surface area contributed by atoms with E-state index in [0.29, 0.717) is 6.54 Å². The molecule has 2 amide bonds. The van der Waals surface area contributed by atoms with Crippen LogP contribution in [0.1, 0.15) is 38.4 Å². The fourth-order valence-electron chi connectivity index (χ4n) is 3.94. The summed E-state index contributed by atoms with van der Waals surface area (Å²) in [4.78, 5) is 33.1. The number of amides is 2. The third-order valence-electron chi connectivity index (χ3n) is 5.69. The van der Waals surface area contributed by atoms with Crippen LogP contribution in [0.3, 0.4) is 0 Å². The number of nitrogens with one attached hydrogen (secondary N) is 2. The van der Waals surface area contributed by atoms with Crippen LogP contribution >= 0.6 is 11.3 Å². The van der Waals surface area contributed by atoms with Crippen molar-refractivity contribution in [1.82, 2.24) is 20.5 Å². The minimum Gasteiger partial charge on any atom is -0.391 e. The van der Waals surface area contributed by atoms with Crippen molar-refractivity contribution >= 4 is 23.2 Å². The Labute approximate surface area is 193 Å². The van der Waals surface area contributed by atoms with Crippen LogP contribution in [0.4, 0.5) is 0 Å². The Bertz CT molecular complexity index is 964. The van der Waals surface area contributed by atoms with Crippen LogP contribution in [0.5, 0.6) is 0 Å². The van der Waals surface area contributed by atoms with Gasteiger partial charge in [0.25, 0.3) is 0 Å². The minimum absolute atomic E-state index is 0.144. The van der Waals surface area contributed by atoms with Gasteiger partial charge in [0.05, 0.1) is 22.2 Å². The van der Waals surface area contributed by atoms with Crippen molar-refractivity contribution in [2.24, 2.45) is 5.41 Å². The van der Waals surface area contributed by atoms with E-state index >= 15 is 0 Å². The molecule has 0 saturated carbocycles. The first-order chi connectivity index (χ1) is 15.1. The molecule has 32 heavy (non-hydrogen) atoms. The summed E-state index contributed by atoms with van der Waals surface area (Å²) < 4.78 is 0. The number of likely N-dealkylation sites (tertiary alicyclic amines) is 1. The quantitative estimate of drug-likeness (QED) is 0.596. The number of nitrogens with zero attached hydrogens (tertiary/aromatic N) is 2. The highest BCUT2D eigenvalue weighted by atomic mass is 32.1. The van der Waals surface area contributed by atoms with Crippen LogP contribution in [0.2, 0.25) is 0 Å². The Hall–Kier alpha value is -2.71. The predicted octanol–water partition coefficient (Wildman–Crippen LogP) is 2.84. The summed E-state index contributed by atoms with van der Waals surface area (Å²) in [7, 11) is 0. The summed E-state index contributed by atoms with van der Waals surface area (Å²) in [5, 5.41) is 16.1. The number of thiazole rings is 1. The third kappa shape index (κ3) is 5.37. The van der Waals surface area contributed by atoms with Gasteiger partial charge in [-0.1, -0.05) is 51.6 Å². The van der Waals surface area contributed by atoms with Crippen LogP contribution in [-0.2, 0) is 16.1 Å². The molecule has 3 atom stereocenters. The zero-order chi connectivity index (χ0) is 23.5. The second kappa shape index (κ2) is 9.83. The Morgan fingerprint density at radius 1 is 1.34 bits per heavy atom. The Kier molecular flexibility index (Phi) is 7.36. The number of hydrogen-bond donors (Lipinski definition) is 3. The molecule has 1 aliphatic heterocycles. The lowest BCUT2D eigenvalue weighted by molar-refractivity contribution is -0.142. The van der Waals surface area contributed by atoms with Crippen molar-refractivity contribution in [3.63, 3.8) is 0 Å². The second-order valence-corrected chi connectivity index (χ2v) is 10.1. The molecule has 1 fully saturated rings. The summed E-state index contributed by atoms with van der Waals surface area (Å²) in [6.07, 6.45) is 1.000. The second-order valence-electron chi connectivity index (χ2n) is 9.25. The van der Waals surface area contributed by atoms with Gasteiger partial charge < -0.3 is 20.6 Å². The molecule has 3 N–H and O–H groups in total. The molecule has 0 bridgehead atoms. The molecule has 1 aromatic heterocycles. The molecule has 2 aromatic rings. The van der Waals surface area contributed by atoms with Crippen LogP contribution in [0.25, 0.3) is 10.4 Å².